The molecule has 0 saturated carbocycles. The predicted molar refractivity (Wildman–Crippen MR) is 179 cm³/mol. The van der Waals surface area contributed by atoms with Gasteiger partial charge in [-0.15, -0.1) is 0 Å². The molecular formula is C35H62N4O5. The molecule has 0 aromatic heterocycles. The Bertz CT molecular complexity index is 982. The van der Waals surface area contributed by atoms with Crippen LogP contribution >= 0.6 is 0 Å². The third kappa shape index (κ3) is 12.2. The second kappa shape index (κ2) is 19.9. The van der Waals surface area contributed by atoms with Gasteiger partial charge in [-0.05, 0) is 74.8 Å². The van der Waals surface area contributed by atoms with Gasteiger partial charge in [0.1, 0.15) is 5.75 Å². The van der Waals surface area contributed by atoms with Crippen LogP contribution in [0.4, 0.5) is 5.69 Å². The fourth-order valence-corrected chi connectivity index (χ4v) is 5.85. The van der Waals surface area contributed by atoms with Crippen LogP contribution in [0.3, 0.4) is 0 Å². The van der Waals surface area contributed by atoms with Gasteiger partial charge in [0, 0.05) is 70.7 Å². The fourth-order valence-electron chi connectivity index (χ4n) is 5.85. The van der Waals surface area contributed by atoms with E-state index in [1.54, 1.807) is 12.0 Å². The van der Waals surface area contributed by atoms with Crippen molar-refractivity contribution in [2.45, 2.75) is 98.1 Å². The first kappa shape index (κ1) is 37.8. The van der Waals surface area contributed by atoms with Crippen molar-refractivity contribution in [3.8, 4) is 5.75 Å². The van der Waals surface area contributed by atoms with E-state index in [0.717, 1.165) is 44.5 Å². The van der Waals surface area contributed by atoms with Crippen molar-refractivity contribution in [2.24, 2.45) is 29.4 Å². The molecule has 1 saturated heterocycles. The summed E-state index contributed by atoms with van der Waals surface area (Å²) in [6.07, 6.45) is 6.11. The summed E-state index contributed by atoms with van der Waals surface area (Å²) >= 11 is 0. The minimum absolute atomic E-state index is 0.0158. The topological polar surface area (TPSA) is 117 Å². The second-order valence-electron chi connectivity index (χ2n) is 13.3. The van der Waals surface area contributed by atoms with E-state index in [4.69, 9.17) is 15.2 Å². The highest BCUT2D eigenvalue weighted by Crippen LogP contribution is 2.30. The number of nitrogens with zero attached hydrogens (tertiary/aromatic N) is 2. The van der Waals surface area contributed by atoms with Gasteiger partial charge in [0.15, 0.2) is 0 Å². The molecule has 0 spiro atoms. The number of benzene rings is 1. The molecule has 1 fully saturated rings. The first-order valence-corrected chi connectivity index (χ1v) is 17.0. The number of nitrogens with two attached hydrogens (primary N) is 1. The summed E-state index contributed by atoms with van der Waals surface area (Å²) in [5.41, 5.74) is 8.21. The number of anilines is 1. The molecule has 1 aliphatic rings. The van der Waals surface area contributed by atoms with Crippen LogP contribution in [0.5, 0.6) is 5.75 Å². The third-order valence-corrected chi connectivity index (χ3v) is 9.00. The lowest BCUT2D eigenvalue weighted by molar-refractivity contribution is -0.127. The molecule has 0 aliphatic carbocycles. The minimum atomic E-state index is -0.808. The summed E-state index contributed by atoms with van der Waals surface area (Å²) in [6, 6.07) is 5.44. The van der Waals surface area contributed by atoms with Gasteiger partial charge in [-0.1, -0.05) is 41.0 Å². The van der Waals surface area contributed by atoms with Crippen LogP contribution in [-0.2, 0) is 9.53 Å². The van der Waals surface area contributed by atoms with Crippen molar-refractivity contribution in [1.29, 1.82) is 0 Å². The molecule has 9 heteroatoms. The highest BCUT2D eigenvalue weighted by Gasteiger charge is 2.31. The van der Waals surface area contributed by atoms with Gasteiger partial charge in [0.2, 0.25) is 5.91 Å². The quantitative estimate of drug-likeness (QED) is 0.164. The van der Waals surface area contributed by atoms with Crippen molar-refractivity contribution in [1.82, 2.24) is 10.2 Å². The Balaban J connectivity index is 2.09. The summed E-state index contributed by atoms with van der Waals surface area (Å²) in [6.45, 7) is 14.8. The Labute approximate surface area is 267 Å². The molecule has 2 amide bonds. The molecule has 2 rings (SSSR count). The van der Waals surface area contributed by atoms with Crippen molar-refractivity contribution < 1.29 is 24.2 Å². The largest absolute Gasteiger partial charge is 0.493 e. The molecule has 4 atom stereocenters. The average molecular weight is 619 g/mol. The Kier molecular flexibility index (Phi) is 17.1. The number of hydrogen-bond donors (Lipinski definition) is 3. The molecule has 4 N–H and O–H groups in total. The molecule has 1 aliphatic heterocycles. The molecule has 0 radical (unpaired) electrons. The first-order chi connectivity index (χ1) is 21.0. The van der Waals surface area contributed by atoms with Crippen LogP contribution in [0, 0.1) is 23.7 Å². The molecule has 44 heavy (non-hydrogen) atoms. The standard InChI is InChI=1S/C35H62N4O5/c1-8-9-16-37-34(41)30(26(4)5)23-32(40)31(36)21-27(25(2)3)24-38(6)35(42)29-15-14-28(39-17-10-11-18-39)22-33(29)44-20-13-12-19-43-7/h14-15,22,25-27,30-32,40H,8-13,16-21,23-24,36H2,1-7H3,(H,37,41)/t27-,30+,31+,32+/m1/s1. The number of methoxy groups -OCH3 is 1. The zero-order valence-electron chi connectivity index (χ0n) is 28.6. The molecule has 252 valence electrons. The van der Waals surface area contributed by atoms with Gasteiger partial charge in [0.05, 0.1) is 18.3 Å². The molecule has 1 heterocycles. The normalized spacial score (nSPS) is 16.2. The smallest absolute Gasteiger partial charge is 0.257 e. The summed E-state index contributed by atoms with van der Waals surface area (Å²) < 4.78 is 11.4. The monoisotopic (exact) mass is 618 g/mol. The number of unbranched alkanes of at least 4 members (excludes halogenated alkanes) is 2. The number of rotatable bonds is 21. The van der Waals surface area contributed by atoms with E-state index < -0.39 is 12.1 Å². The first-order valence-electron chi connectivity index (χ1n) is 17.0. The van der Waals surface area contributed by atoms with Crippen LogP contribution in [0.1, 0.15) is 96.3 Å². The van der Waals surface area contributed by atoms with Crippen LogP contribution < -0.4 is 20.7 Å². The molecule has 1 aromatic rings. The van der Waals surface area contributed by atoms with Gasteiger partial charge in [-0.2, -0.15) is 0 Å². The third-order valence-electron chi connectivity index (χ3n) is 9.00. The Morgan fingerprint density at radius 3 is 2.34 bits per heavy atom. The zero-order chi connectivity index (χ0) is 32.6. The molecular weight excluding hydrogens is 556 g/mol. The van der Waals surface area contributed by atoms with E-state index in [9.17, 15) is 14.7 Å². The van der Waals surface area contributed by atoms with Crippen LogP contribution in [-0.4, -0.2) is 87.5 Å². The number of amides is 2. The molecule has 0 bridgehead atoms. The van der Waals surface area contributed by atoms with Gasteiger partial charge >= 0.3 is 0 Å². The number of carbonyl (C=O) groups is 2. The van der Waals surface area contributed by atoms with Crippen LogP contribution in [0.25, 0.3) is 0 Å². The second-order valence-corrected chi connectivity index (χ2v) is 13.3. The lowest BCUT2D eigenvalue weighted by Crippen LogP contribution is -2.44. The SMILES string of the molecule is CCCCNC(=O)[C@@H](C[C@H](O)[C@@H](N)C[C@H](CN(C)C(=O)c1ccc(N2CCCC2)cc1OCCCCOC)C(C)C)C(C)C. The molecule has 9 nitrogen and oxygen atoms in total. The fraction of sp³-hybridized carbons (Fsp3) is 0.771. The maximum absolute atomic E-state index is 13.8. The summed E-state index contributed by atoms with van der Waals surface area (Å²) in [4.78, 5) is 30.7. The van der Waals surface area contributed by atoms with Crippen LogP contribution in [0.2, 0.25) is 0 Å². The van der Waals surface area contributed by atoms with Crippen molar-refractivity contribution in [3.05, 3.63) is 23.8 Å². The maximum atomic E-state index is 13.8. The summed E-state index contributed by atoms with van der Waals surface area (Å²) in [7, 11) is 3.52. The van der Waals surface area contributed by atoms with Gasteiger partial charge in [0.25, 0.3) is 5.91 Å². The highest BCUT2D eigenvalue weighted by molar-refractivity contribution is 5.97. The number of aliphatic hydroxyl groups is 1. The highest BCUT2D eigenvalue weighted by atomic mass is 16.5. The minimum Gasteiger partial charge on any atom is -0.493 e. The summed E-state index contributed by atoms with van der Waals surface area (Å²) in [5.74, 6) is 0.630. The number of nitrogens with one attached hydrogen (secondary N) is 1. The van der Waals surface area contributed by atoms with Crippen molar-refractivity contribution in [3.63, 3.8) is 0 Å². The van der Waals surface area contributed by atoms with Gasteiger partial charge < -0.3 is 35.4 Å². The lowest BCUT2D eigenvalue weighted by atomic mass is 9.83. The number of hydrogen-bond acceptors (Lipinski definition) is 7. The van der Waals surface area contributed by atoms with Gasteiger partial charge in [-0.25, -0.2) is 0 Å². The van der Waals surface area contributed by atoms with Gasteiger partial charge in [-0.3, -0.25) is 9.59 Å². The maximum Gasteiger partial charge on any atom is 0.257 e. The van der Waals surface area contributed by atoms with E-state index in [1.165, 1.54) is 12.8 Å². The molecule has 1 aromatic carbocycles. The van der Waals surface area contributed by atoms with Crippen molar-refractivity contribution >= 4 is 17.5 Å². The zero-order valence-corrected chi connectivity index (χ0v) is 28.6. The van der Waals surface area contributed by atoms with E-state index in [0.29, 0.717) is 50.5 Å². The Morgan fingerprint density at radius 1 is 1.05 bits per heavy atom. The van der Waals surface area contributed by atoms with E-state index in [1.807, 2.05) is 39.1 Å². The number of ether oxygens (including phenoxy) is 2. The van der Waals surface area contributed by atoms with E-state index >= 15 is 0 Å². The Morgan fingerprint density at radius 2 is 1.73 bits per heavy atom. The number of carbonyl (C=O) groups excluding carboxylic acids is 2. The van der Waals surface area contributed by atoms with E-state index in [2.05, 4.69) is 31.0 Å². The Hall–Kier alpha value is -2.36. The molecule has 0 unspecified atom stereocenters. The predicted octanol–water partition coefficient (Wildman–Crippen LogP) is 5.09. The average Bonchev–Trinajstić information content (AvgIpc) is 3.54. The summed E-state index contributed by atoms with van der Waals surface area (Å²) in [5, 5.41) is 14.1. The van der Waals surface area contributed by atoms with Crippen LogP contribution in [0.15, 0.2) is 18.2 Å². The van der Waals surface area contributed by atoms with E-state index in [-0.39, 0.29) is 35.5 Å². The van der Waals surface area contributed by atoms with Crippen molar-refractivity contribution in [2.75, 3.05) is 58.5 Å². The number of aliphatic hydroxyl groups excluding tert-OH is 1. The lowest BCUT2D eigenvalue weighted by Gasteiger charge is -2.32.